The third kappa shape index (κ3) is 9.01. The maximum Gasteiger partial charge on any atom is 0.243 e. The van der Waals surface area contributed by atoms with Crippen molar-refractivity contribution < 1.29 is 24.0 Å². The monoisotopic (exact) mass is 501 g/mol. The highest BCUT2D eigenvalue weighted by Crippen LogP contribution is 2.20. The molecule has 0 bridgehead atoms. The van der Waals surface area contributed by atoms with Crippen LogP contribution < -0.4 is 16.0 Å². The van der Waals surface area contributed by atoms with Crippen LogP contribution in [0.4, 0.5) is 0 Å². The second kappa shape index (κ2) is 13.4. The van der Waals surface area contributed by atoms with E-state index in [-0.39, 0.29) is 42.1 Å². The van der Waals surface area contributed by atoms with Gasteiger partial charge in [-0.3, -0.25) is 24.0 Å². The van der Waals surface area contributed by atoms with E-state index in [4.69, 9.17) is 5.41 Å². The third-order valence-corrected chi connectivity index (χ3v) is 6.03. The van der Waals surface area contributed by atoms with Crippen molar-refractivity contribution >= 4 is 57.5 Å². The lowest BCUT2D eigenvalue weighted by Gasteiger charge is -2.23. The van der Waals surface area contributed by atoms with Gasteiger partial charge < -0.3 is 26.3 Å². The Bertz CT molecular complexity index is 1100. The van der Waals surface area contributed by atoms with Crippen LogP contribution in [0.15, 0.2) is 30.5 Å². The summed E-state index contributed by atoms with van der Waals surface area (Å²) in [6.07, 6.45) is 2.55. The SMILES string of the molecule is CC(=O)NCC(=O)N[C@@H](Cc1c[nH]c2ccccc12)C(=O)N[C@@H](CCC(=O)C=N)C(=O)SC(C)C. The number of nitrogens with one attached hydrogen (secondary N) is 5. The summed E-state index contributed by atoms with van der Waals surface area (Å²) < 4.78 is 0. The van der Waals surface area contributed by atoms with Crippen LogP contribution in [0.2, 0.25) is 0 Å². The van der Waals surface area contributed by atoms with E-state index in [0.29, 0.717) is 6.21 Å². The fourth-order valence-electron chi connectivity index (χ4n) is 3.37. The predicted octanol–water partition coefficient (Wildman–Crippen LogP) is 1.48. The number of amides is 3. The number of carbonyl (C=O) groups excluding carboxylic acids is 5. The maximum absolute atomic E-state index is 13.3. The first-order valence-corrected chi connectivity index (χ1v) is 12.1. The van der Waals surface area contributed by atoms with E-state index in [1.807, 2.05) is 38.1 Å². The number of rotatable bonds is 13. The van der Waals surface area contributed by atoms with Crippen LogP contribution in [-0.2, 0) is 30.4 Å². The van der Waals surface area contributed by atoms with Gasteiger partial charge in [0.15, 0.2) is 5.78 Å². The van der Waals surface area contributed by atoms with Gasteiger partial charge in [0.05, 0.1) is 18.8 Å². The first-order chi connectivity index (χ1) is 16.6. The number of benzene rings is 1. The summed E-state index contributed by atoms with van der Waals surface area (Å²) in [5.74, 6) is -1.98. The smallest absolute Gasteiger partial charge is 0.243 e. The number of fused-ring (bicyclic) bond motifs is 1. The molecule has 0 unspecified atom stereocenters. The molecule has 0 aliphatic heterocycles. The van der Waals surface area contributed by atoms with Crippen molar-refractivity contribution in [2.45, 2.75) is 57.4 Å². The van der Waals surface area contributed by atoms with Crippen LogP contribution in [0.3, 0.4) is 0 Å². The summed E-state index contributed by atoms with van der Waals surface area (Å²) in [7, 11) is 0. The lowest BCUT2D eigenvalue weighted by Crippen LogP contribution is -2.53. The van der Waals surface area contributed by atoms with Crippen LogP contribution in [-0.4, -0.2) is 63.7 Å². The standard InChI is InChI=1S/C24H31N5O5S/c1-14(2)35-24(34)20(9-8-17(31)11-25)29-23(33)21(28-22(32)13-26-15(3)30)10-16-12-27-19-7-5-4-6-18(16)19/h4-7,11-12,14,20-21,25,27H,8-10,13H2,1-3H3,(H,26,30)(H,28,32)(H,29,33)/t20-,21-/m0/s1. The molecular formula is C24H31N5O5S. The van der Waals surface area contributed by atoms with Crippen LogP contribution in [0.25, 0.3) is 10.9 Å². The molecule has 0 fully saturated rings. The predicted molar refractivity (Wildman–Crippen MR) is 135 cm³/mol. The number of para-hydroxylation sites is 1. The average molecular weight is 502 g/mol. The van der Waals surface area contributed by atoms with Crippen LogP contribution >= 0.6 is 11.8 Å². The molecule has 10 nitrogen and oxygen atoms in total. The maximum atomic E-state index is 13.3. The van der Waals surface area contributed by atoms with Crippen molar-refractivity contribution in [3.05, 3.63) is 36.0 Å². The summed E-state index contributed by atoms with van der Waals surface area (Å²) >= 11 is 1.05. The summed E-state index contributed by atoms with van der Waals surface area (Å²) in [6, 6.07) is 5.53. The highest BCUT2D eigenvalue weighted by atomic mass is 32.2. The summed E-state index contributed by atoms with van der Waals surface area (Å²) in [5.41, 5.74) is 1.66. The Labute approximate surface area is 207 Å². The summed E-state index contributed by atoms with van der Waals surface area (Å²) in [4.78, 5) is 64.4. The quantitative estimate of drug-likeness (QED) is 0.261. The van der Waals surface area contributed by atoms with Crippen molar-refractivity contribution in [1.29, 1.82) is 5.41 Å². The first kappa shape index (κ1) is 27.8. The number of hydrogen-bond donors (Lipinski definition) is 5. The molecule has 3 amide bonds. The second-order valence-electron chi connectivity index (χ2n) is 8.29. The van der Waals surface area contributed by atoms with Gasteiger partial charge in [-0.25, -0.2) is 0 Å². The largest absolute Gasteiger partial charge is 0.361 e. The number of hydrogen-bond acceptors (Lipinski definition) is 7. The first-order valence-electron chi connectivity index (χ1n) is 11.2. The minimum atomic E-state index is -1.03. The van der Waals surface area contributed by atoms with E-state index in [1.54, 1.807) is 6.20 Å². The molecular weight excluding hydrogens is 470 g/mol. The number of ketones is 1. The van der Waals surface area contributed by atoms with Crippen LogP contribution in [0.5, 0.6) is 0 Å². The molecule has 0 aliphatic carbocycles. The normalized spacial score (nSPS) is 12.6. The molecule has 0 saturated carbocycles. The highest BCUT2D eigenvalue weighted by molar-refractivity contribution is 8.14. The van der Waals surface area contributed by atoms with E-state index in [2.05, 4.69) is 20.9 Å². The van der Waals surface area contributed by atoms with Gasteiger partial charge in [0.2, 0.25) is 22.8 Å². The average Bonchev–Trinajstić information content (AvgIpc) is 3.21. The zero-order chi connectivity index (χ0) is 26.0. The molecule has 2 aromatic rings. The van der Waals surface area contributed by atoms with Crippen molar-refractivity contribution in [3.8, 4) is 0 Å². The molecule has 1 heterocycles. The summed E-state index contributed by atoms with van der Waals surface area (Å²) in [6.45, 7) is 4.66. The Morgan fingerprint density at radius 1 is 1.09 bits per heavy atom. The molecule has 1 aromatic heterocycles. The van der Waals surface area contributed by atoms with Crippen LogP contribution in [0.1, 0.15) is 39.2 Å². The van der Waals surface area contributed by atoms with Gasteiger partial charge in [-0.05, 0) is 18.1 Å². The number of aromatic nitrogens is 1. The molecule has 0 aliphatic rings. The minimum absolute atomic E-state index is 0.0280. The Morgan fingerprint density at radius 3 is 2.46 bits per heavy atom. The molecule has 0 spiro atoms. The number of carbonyl (C=O) groups is 5. The van der Waals surface area contributed by atoms with E-state index in [9.17, 15) is 24.0 Å². The topological polar surface area (TPSA) is 161 Å². The second-order valence-corrected chi connectivity index (χ2v) is 9.87. The van der Waals surface area contributed by atoms with Gasteiger partial charge in [0.1, 0.15) is 6.04 Å². The molecule has 35 heavy (non-hydrogen) atoms. The molecule has 2 rings (SSSR count). The van der Waals surface area contributed by atoms with Crippen molar-refractivity contribution in [3.63, 3.8) is 0 Å². The molecule has 0 saturated heterocycles. The third-order valence-electron chi connectivity index (χ3n) is 5.04. The van der Waals surface area contributed by atoms with Gasteiger partial charge in [-0.15, -0.1) is 0 Å². The van der Waals surface area contributed by atoms with Gasteiger partial charge >= 0.3 is 0 Å². The van der Waals surface area contributed by atoms with Crippen molar-refractivity contribution in [2.24, 2.45) is 0 Å². The Balaban J connectivity index is 2.25. The number of Topliss-reactive ketones (excluding diaryl/α,β-unsaturated/α-hetero) is 1. The number of H-pyrrole nitrogens is 1. The van der Waals surface area contributed by atoms with Crippen molar-refractivity contribution in [2.75, 3.05) is 6.54 Å². The molecule has 11 heteroatoms. The zero-order valence-electron chi connectivity index (χ0n) is 20.0. The molecule has 188 valence electrons. The Kier molecular flexibility index (Phi) is 10.7. The van der Waals surface area contributed by atoms with Crippen molar-refractivity contribution in [1.82, 2.24) is 20.9 Å². The van der Waals surface area contributed by atoms with Crippen LogP contribution in [0, 0.1) is 5.41 Å². The highest BCUT2D eigenvalue weighted by Gasteiger charge is 2.28. The van der Waals surface area contributed by atoms with E-state index in [0.717, 1.165) is 28.2 Å². The fourth-order valence-corrected chi connectivity index (χ4v) is 4.18. The Hall–Kier alpha value is -3.47. The molecule has 5 N–H and O–H groups in total. The fraction of sp³-hybridized carbons (Fsp3) is 0.417. The minimum Gasteiger partial charge on any atom is -0.361 e. The lowest BCUT2D eigenvalue weighted by atomic mass is 10.0. The number of aromatic amines is 1. The zero-order valence-corrected chi connectivity index (χ0v) is 20.8. The van der Waals surface area contributed by atoms with E-state index in [1.165, 1.54) is 6.92 Å². The van der Waals surface area contributed by atoms with E-state index < -0.39 is 29.7 Å². The van der Waals surface area contributed by atoms with Gasteiger partial charge in [-0.2, -0.15) is 0 Å². The number of thioether (sulfide) groups is 1. The van der Waals surface area contributed by atoms with E-state index >= 15 is 0 Å². The molecule has 1 aromatic carbocycles. The lowest BCUT2D eigenvalue weighted by molar-refractivity contribution is -0.130. The molecule has 0 radical (unpaired) electrons. The van der Waals surface area contributed by atoms with Gasteiger partial charge in [0, 0.05) is 42.1 Å². The van der Waals surface area contributed by atoms with Gasteiger partial charge in [-0.1, -0.05) is 43.8 Å². The van der Waals surface area contributed by atoms with Gasteiger partial charge in [0.25, 0.3) is 0 Å². The summed E-state index contributed by atoms with van der Waals surface area (Å²) in [5, 5.41) is 15.3. The Morgan fingerprint density at radius 2 is 1.80 bits per heavy atom. The molecule has 2 atom stereocenters.